The highest BCUT2D eigenvalue weighted by molar-refractivity contribution is 5.63. The van der Waals surface area contributed by atoms with Crippen LogP contribution in [0.1, 0.15) is 12.5 Å². The van der Waals surface area contributed by atoms with Crippen molar-refractivity contribution >= 4 is 0 Å². The third-order valence-corrected chi connectivity index (χ3v) is 2.67. The molecule has 0 fully saturated rings. The number of para-hydroxylation sites is 1. The minimum atomic E-state index is 0.793. The molecule has 80 valence electrons. The van der Waals surface area contributed by atoms with Crippen LogP contribution in [0, 0.1) is 0 Å². The molecule has 0 spiro atoms. The summed E-state index contributed by atoms with van der Waals surface area (Å²) in [5.41, 5.74) is 1.31. The van der Waals surface area contributed by atoms with E-state index < -0.39 is 0 Å². The first-order valence-corrected chi connectivity index (χ1v) is 5.44. The average Bonchev–Trinajstić information content (AvgIpc) is 3.10. The van der Waals surface area contributed by atoms with Crippen molar-refractivity contribution in [2.75, 3.05) is 0 Å². The van der Waals surface area contributed by atoms with Crippen LogP contribution in [-0.4, -0.2) is 0 Å². The lowest BCUT2D eigenvalue weighted by Gasteiger charge is -2.04. The Bertz CT molecular complexity index is 515. The predicted molar refractivity (Wildman–Crippen MR) is 62.4 cm³/mol. The highest BCUT2D eigenvalue weighted by Crippen LogP contribution is 2.53. The third kappa shape index (κ3) is 1.63. The molecule has 0 atom stereocenters. The summed E-state index contributed by atoms with van der Waals surface area (Å²) < 4.78 is 11.0. The van der Waals surface area contributed by atoms with Crippen LogP contribution in [0.4, 0.5) is 0 Å². The van der Waals surface area contributed by atoms with Gasteiger partial charge in [0, 0.05) is 0 Å². The minimum absolute atomic E-state index is 0.793. The number of fused-ring (bicyclic) bond motifs is 1. The van der Waals surface area contributed by atoms with Crippen LogP contribution in [0.15, 0.2) is 42.5 Å². The zero-order valence-electron chi connectivity index (χ0n) is 9.07. The summed E-state index contributed by atoms with van der Waals surface area (Å²) in [6.45, 7) is 2.14. The van der Waals surface area contributed by atoms with Gasteiger partial charge in [0.25, 0.3) is 0 Å². The number of hydrogen-bond acceptors (Lipinski definition) is 2. The monoisotopic (exact) mass is 212 g/mol. The van der Waals surface area contributed by atoms with Gasteiger partial charge in [0.2, 0.25) is 5.75 Å². The standard InChI is InChI=1S/C14H12O2/c1-2-10-6-8-11(9-7-10)15-12-4-3-5-13-14(12)16-13/h3-9H,2H2,1H3. The lowest BCUT2D eigenvalue weighted by atomic mass is 10.2. The van der Waals surface area contributed by atoms with Crippen LogP contribution < -0.4 is 9.47 Å². The minimum Gasteiger partial charge on any atom is -0.453 e. The second kappa shape index (κ2) is 3.56. The fraction of sp³-hybridized carbons (Fsp3) is 0.143. The molecule has 1 heterocycles. The molecule has 1 aliphatic rings. The molecule has 1 aliphatic heterocycles. The van der Waals surface area contributed by atoms with Crippen molar-refractivity contribution in [1.82, 2.24) is 0 Å². The van der Waals surface area contributed by atoms with Crippen molar-refractivity contribution in [3.8, 4) is 23.0 Å². The molecule has 16 heavy (non-hydrogen) atoms. The molecule has 0 amide bonds. The SMILES string of the molecule is CCc1ccc(Oc2cccc3c2O3)cc1. The molecular formula is C14H12O2. The lowest BCUT2D eigenvalue weighted by molar-refractivity contribution is 0.471. The van der Waals surface area contributed by atoms with Crippen molar-refractivity contribution in [2.45, 2.75) is 13.3 Å². The van der Waals surface area contributed by atoms with Gasteiger partial charge in [-0.1, -0.05) is 25.1 Å². The summed E-state index contributed by atoms with van der Waals surface area (Å²) in [6, 6.07) is 13.9. The average molecular weight is 212 g/mol. The van der Waals surface area contributed by atoms with Gasteiger partial charge in [0.1, 0.15) is 5.75 Å². The molecule has 0 aliphatic carbocycles. The van der Waals surface area contributed by atoms with E-state index in [2.05, 4.69) is 19.1 Å². The van der Waals surface area contributed by atoms with Gasteiger partial charge in [0.05, 0.1) is 0 Å². The van der Waals surface area contributed by atoms with Crippen molar-refractivity contribution < 1.29 is 9.47 Å². The Labute approximate surface area is 94.4 Å². The Morgan fingerprint density at radius 1 is 1.06 bits per heavy atom. The van der Waals surface area contributed by atoms with Crippen molar-refractivity contribution in [3.63, 3.8) is 0 Å². The smallest absolute Gasteiger partial charge is 0.212 e. The van der Waals surface area contributed by atoms with E-state index in [0.717, 1.165) is 29.4 Å². The molecule has 2 nitrogen and oxygen atoms in total. The molecule has 0 saturated heterocycles. The molecule has 0 radical (unpaired) electrons. The fourth-order valence-corrected chi connectivity index (χ4v) is 1.66. The van der Waals surface area contributed by atoms with Crippen LogP contribution in [-0.2, 0) is 6.42 Å². The van der Waals surface area contributed by atoms with Gasteiger partial charge < -0.3 is 9.47 Å². The summed E-state index contributed by atoms with van der Waals surface area (Å²) in [4.78, 5) is 0. The third-order valence-electron chi connectivity index (χ3n) is 2.67. The first-order valence-electron chi connectivity index (χ1n) is 5.44. The fourth-order valence-electron chi connectivity index (χ4n) is 1.66. The molecule has 2 aromatic carbocycles. The first-order chi connectivity index (χ1) is 7.86. The highest BCUT2D eigenvalue weighted by atomic mass is 16.6. The molecule has 0 aromatic heterocycles. The summed E-state index contributed by atoms with van der Waals surface area (Å²) >= 11 is 0. The Hall–Kier alpha value is -1.96. The molecular weight excluding hydrogens is 200 g/mol. The molecule has 2 aromatic rings. The molecule has 0 saturated carbocycles. The van der Waals surface area contributed by atoms with E-state index in [1.165, 1.54) is 5.56 Å². The van der Waals surface area contributed by atoms with E-state index in [1.807, 2.05) is 30.3 Å². The quantitative estimate of drug-likeness (QED) is 0.608. The Kier molecular flexibility index (Phi) is 2.07. The van der Waals surface area contributed by atoms with E-state index in [-0.39, 0.29) is 0 Å². The van der Waals surface area contributed by atoms with Crippen LogP contribution >= 0.6 is 0 Å². The van der Waals surface area contributed by atoms with Crippen molar-refractivity contribution in [3.05, 3.63) is 48.0 Å². The van der Waals surface area contributed by atoms with Gasteiger partial charge in [-0.2, -0.15) is 0 Å². The zero-order valence-corrected chi connectivity index (χ0v) is 9.07. The van der Waals surface area contributed by atoms with E-state index in [9.17, 15) is 0 Å². The number of ether oxygens (including phenoxy) is 2. The summed E-state index contributed by atoms with van der Waals surface area (Å²) in [5.74, 6) is 3.42. The maximum Gasteiger partial charge on any atom is 0.212 e. The van der Waals surface area contributed by atoms with E-state index in [4.69, 9.17) is 9.47 Å². The summed E-state index contributed by atoms with van der Waals surface area (Å²) in [7, 11) is 0. The van der Waals surface area contributed by atoms with Gasteiger partial charge in [-0.3, -0.25) is 0 Å². The Balaban J connectivity index is 1.82. The van der Waals surface area contributed by atoms with Crippen LogP contribution in [0.2, 0.25) is 0 Å². The summed E-state index contributed by atoms with van der Waals surface area (Å²) in [5, 5.41) is 0. The molecule has 0 N–H and O–H groups in total. The molecule has 3 rings (SSSR count). The van der Waals surface area contributed by atoms with Gasteiger partial charge in [-0.15, -0.1) is 0 Å². The number of rotatable bonds is 3. The number of aryl methyl sites for hydroxylation is 1. The van der Waals surface area contributed by atoms with Gasteiger partial charge in [-0.25, -0.2) is 0 Å². The molecule has 0 unspecified atom stereocenters. The largest absolute Gasteiger partial charge is 0.453 e. The topological polar surface area (TPSA) is 21.8 Å². The van der Waals surface area contributed by atoms with Crippen LogP contribution in [0.3, 0.4) is 0 Å². The van der Waals surface area contributed by atoms with Crippen molar-refractivity contribution in [2.24, 2.45) is 0 Å². The Morgan fingerprint density at radius 2 is 1.88 bits per heavy atom. The van der Waals surface area contributed by atoms with Crippen LogP contribution in [0.25, 0.3) is 0 Å². The highest BCUT2D eigenvalue weighted by Gasteiger charge is 2.25. The summed E-state index contributed by atoms with van der Waals surface area (Å²) in [6.07, 6.45) is 1.05. The van der Waals surface area contributed by atoms with Gasteiger partial charge >= 0.3 is 0 Å². The maximum atomic E-state index is 5.74. The second-order valence-electron chi connectivity index (χ2n) is 3.79. The predicted octanol–water partition coefficient (Wildman–Crippen LogP) is 4.15. The maximum absolute atomic E-state index is 5.74. The van der Waals surface area contributed by atoms with Crippen LogP contribution in [0.5, 0.6) is 23.0 Å². The van der Waals surface area contributed by atoms with Gasteiger partial charge in [-0.05, 0) is 36.2 Å². The number of hydrogen-bond donors (Lipinski definition) is 0. The van der Waals surface area contributed by atoms with E-state index in [1.54, 1.807) is 0 Å². The van der Waals surface area contributed by atoms with E-state index >= 15 is 0 Å². The van der Waals surface area contributed by atoms with E-state index in [0.29, 0.717) is 0 Å². The second-order valence-corrected chi connectivity index (χ2v) is 3.79. The first kappa shape index (κ1) is 9.28. The zero-order chi connectivity index (χ0) is 11.0. The normalized spacial score (nSPS) is 11.6. The van der Waals surface area contributed by atoms with Crippen molar-refractivity contribution in [1.29, 1.82) is 0 Å². The Morgan fingerprint density at radius 3 is 2.62 bits per heavy atom. The molecule has 2 heteroatoms. The van der Waals surface area contributed by atoms with Gasteiger partial charge in [0.15, 0.2) is 11.5 Å². The molecule has 0 bridgehead atoms. The lowest BCUT2D eigenvalue weighted by Crippen LogP contribution is -1.84. The number of benzene rings is 2.